The van der Waals surface area contributed by atoms with Crippen molar-refractivity contribution in [2.24, 2.45) is 11.3 Å². The van der Waals surface area contributed by atoms with Crippen molar-refractivity contribution in [1.29, 1.82) is 0 Å². The summed E-state index contributed by atoms with van der Waals surface area (Å²) < 4.78 is 0. The van der Waals surface area contributed by atoms with E-state index in [1.54, 1.807) is 0 Å². The van der Waals surface area contributed by atoms with Crippen LogP contribution in [-0.2, 0) is 4.79 Å². The van der Waals surface area contributed by atoms with Gasteiger partial charge in [-0.2, -0.15) is 0 Å². The van der Waals surface area contributed by atoms with E-state index in [1.807, 2.05) is 18.0 Å². The molecule has 1 heterocycles. The third-order valence-corrected chi connectivity index (χ3v) is 4.13. The lowest BCUT2D eigenvalue weighted by Gasteiger charge is -2.15. The van der Waals surface area contributed by atoms with Crippen LogP contribution in [0.4, 0.5) is 0 Å². The van der Waals surface area contributed by atoms with Gasteiger partial charge in [0.25, 0.3) is 0 Å². The molecular weight excluding hydrogens is 162 g/mol. The molecule has 0 bridgehead atoms. The maximum atomic E-state index is 11.4. The SMILES string of the molecule is CN1CC(C23CCCC2C3)=CC1=O. The minimum atomic E-state index is 0.210. The first-order valence-corrected chi connectivity index (χ1v) is 5.18. The van der Waals surface area contributed by atoms with Crippen molar-refractivity contribution in [2.75, 3.05) is 13.6 Å². The highest BCUT2D eigenvalue weighted by Gasteiger charge is 2.59. The molecule has 0 aromatic carbocycles. The van der Waals surface area contributed by atoms with Gasteiger partial charge in [0, 0.05) is 19.7 Å². The second-order valence-corrected chi connectivity index (χ2v) is 4.81. The summed E-state index contributed by atoms with van der Waals surface area (Å²) in [6.07, 6.45) is 7.37. The van der Waals surface area contributed by atoms with Crippen LogP contribution in [0.2, 0.25) is 0 Å². The van der Waals surface area contributed by atoms with Crippen molar-refractivity contribution in [3.05, 3.63) is 11.6 Å². The number of fused-ring (bicyclic) bond motifs is 1. The molecule has 2 aliphatic carbocycles. The van der Waals surface area contributed by atoms with Crippen LogP contribution in [0.1, 0.15) is 25.7 Å². The first-order valence-electron chi connectivity index (χ1n) is 5.18. The van der Waals surface area contributed by atoms with Gasteiger partial charge in [-0.15, -0.1) is 0 Å². The average molecular weight is 177 g/mol. The highest BCUT2D eigenvalue weighted by molar-refractivity contribution is 5.91. The van der Waals surface area contributed by atoms with Gasteiger partial charge < -0.3 is 4.90 Å². The second-order valence-electron chi connectivity index (χ2n) is 4.81. The van der Waals surface area contributed by atoms with Crippen LogP contribution in [0, 0.1) is 11.3 Å². The predicted octanol–water partition coefficient (Wildman–Crippen LogP) is 1.57. The predicted molar refractivity (Wildman–Crippen MR) is 50.1 cm³/mol. The van der Waals surface area contributed by atoms with Crippen LogP contribution in [0.25, 0.3) is 0 Å². The number of hydrogen-bond acceptors (Lipinski definition) is 1. The van der Waals surface area contributed by atoms with Gasteiger partial charge in [0.1, 0.15) is 0 Å². The Morgan fingerprint density at radius 2 is 2.46 bits per heavy atom. The first kappa shape index (κ1) is 7.60. The Hall–Kier alpha value is -0.790. The van der Waals surface area contributed by atoms with Crippen LogP contribution in [0.5, 0.6) is 0 Å². The third-order valence-electron chi connectivity index (χ3n) is 4.13. The Kier molecular flexibility index (Phi) is 1.27. The van der Waals surface area contributed by atoms with E-state index in [0.717, 1.165) is 12.5 Å². The average Bonchev–Trinajstić information content (AvgIpc) is 2.48. The fraction of sp³-hybridized carbons (Fsp3) is 0.727. The number of hydrogen-bond donors (Lipinski definition) is 0. The third kappa shape index (κ3) is 0.862. The Morgan fingerprint density at radius 1 is 1.62 bits per heavy atom. The molecule has 2 atom stereocenters. The van der Waals surface area contributed by atoms with Gasteiger partial charge in [-0.1, -0.05) is 6.42 Å². The number of carbonyl (C=O) groups excluding carboxylic acids is 1. The summed E-state index contributed by atoms with van der Waals surface area (Å²) in [4.78, 5) is 13.2. The summed E-state index contributed by atoms with van der Waals surface area (Å²) in [5.41, 5.74) is 1.93. The summed E-state index contributed by atoms with van der Waals surface area (Å²) in [5.74, 6) is 1.14. The van der Waals surface area contributed by atoms with Crippen LogP contribution in [0.3, 0.4) is 0 Å². The first-order chi connectivity index (χ1) is 6.22. The van der Waals surface area contributed by atoms with E-state index in [-0.39, 0.29) is 5.91 Å². The molecule has 1 amide bonds. The van der Waals surface area contributed by atoms with Gasteiger partial charge in [-0.05, 0) is 36.2 Å². The Bertz CT molecular complexity index is 307. The molecule has 2 fully saturated rings. The van der Waals surface area contributed by atoms with Crippen molar-refractivity contribution >= 4 is 5.91 Å². The Labute approximate surface area is 78.6 Å². The van der Waals surface area contributed by atoms with E-state index in [0.29, 0.717) is 5.41 Å². The van der Waals surface area contributed by atoms with E-state index in [9.17, 15) is 4.79 Å². The fourth-order valence-electron chi connectivity index (χ4n) is 3.22. The number of rotatable bonds is 1. The molecule has 70 valence electrons. The van der Waals surface area contributed by atoms with Gasteiger partial charge in [-0.25, -0.2) is 0 Å². The van der Waals surface area contributed by atoms with Crippen LogP contribution >= 0.6 is 0 Å². The smallest absolute Gasteiger partial charge is 0.246 e. The fourth-order valence-corrected chi connectivity index (χ4v) is 3.22. The van der Waals surface area contributed by atoms with Crippen molar-refractivity contribution in [3.63, 3.8) is 0 Å². The van der Waals surface area contributed by atoms with Crippen LogP contribution in [-0.4, -0.2) is 24.4 Å². The maximum absolute atomic E-state index is 11.4. The van der Waals surface area contributed by atoms with E-state index in [4.69, 9.17) is 0 Å². The summed E-state index contributed by atoms with van der Waals surface area (Å²) in [5, 5.41) is 0. The van der Waals surface area contributed by atoms with Gasteiger partial charge in [0.05, 0.1) is 0 Å². The van der Waals surface area contributed by atoms with Crippen molar-refractivity contribution < 1.29 is 4.79 Å². The standard InChI is InChI=1S/C11H15NO/c1-12-7-9(5-10(12)13)11-4-2-3-8(11)6-11/h5,8H,2-4,6-7H2,1H3. The van der Waals surface area contributed by atoms with E-state index in [1.165, 1.54) is 31.3 Å². The molecule has 0 aromatic rings. The number of nitrogens with zero attached hydrogens (tertiary/aromatic N) is 1. The topological polar surface area (TPSA) is 20.3 Å². The van der Waals surface area contributed by atoms with E-state index >= 15 is 0 Å². The molecule has 0 aromatic heterocycles. The lowest BCUT2D eigenvalue weighted by Crippen LogP contribution is -2.21. The largest absolute Gasteiger partial charge is 0.338 e. The zero-order valence-corrected chi connectivity index (χ0v) is 8.05. The zero-order valence-electron chi connectivity index (χ0n) is 8.05. The minimum absolute atomic E-state index is 0.210. The molecule has 2 unspecified atom stereocenters. The molecule has 3 rings (SSSR count). The molecule has 0 spiro atoms. The summed E-state index contributed by atoms with van der Waals surface area (Å²) in [7, 11) is 1.90. The second kappa shape index (κ2) is 2.17. The van der Waals surface area contributed by atoms with Gasteiger partial charge in [0.15, 0.2) is 0 Å². The number of amides is 1. The maximum Gasteiger partial charge on any atom is 0.246 e. The van der Waals surface area contributed by atoms with Gasteiger partial charge in [0.2, 0.25) is 5.91 Å². The van der Waals surface area contributed by atoms with E-state index in [2.05, 4.69) is 0 Å². The molecule has 0 N–H and O–H groups in total. The lowest BCUT2D eigenvalue weighted by molar-refractivity contribution is -0.123. The normalized spacial score (nSPS) is 42.2. The molecule has 13 heavy (non-hydrogen) atoms. The molecule has 0 saturated heterocycles. The highest BCUT2D eigenvalue weighted by atomic mass is 16.2. The summed E-state index contributed by atoms with van der Waals surface area (Å²) >= 11 is 0. The van der Waals surface area contributed by atoms with Crippen LogP contribution in [0.15, 0.2) is 11.6 Å². The van der Waals surface area contributed by atoms with Crippen LogP contribution < -0.4 is 0 Å². The molecule has 2 saturated carbocycles. The molecule has 0 radical (unpaired) electrons. The highest BCUT2D eigenvalue weighted by Crippen LogP contribution is 2.67. The molecule has 2 heteroatoms. The van der Waals surface area contributed by atoms with E-state index < -0.39 is 0 Å². The number of likely N-dealkylation sites (N-methyl/N-ethyl adjacent to an activating group) is 1. The summed E-state index contributed by atoms with van der Waals surface area (Å²) in [6, 6.07) is 0. The molecule has 3 aliphatic rings. The number of carbonyl (C=O) groups is 1. The zero-order chi connectivity index (χ0) is 9.05. The van der Waals surface area contributed by atoms with Crippen molar-refractivity contribution in [1.82, 2.24) is 4.90 Å². The van der Waals surface area contributed by atoms with Gasteiger partial charge in [-0.3, -0.25) is 4.79 Å². The van der Waals surface area contributed by atoms with Crippen molar-refractivity contribution in [2.45, 2.75) is 25.7 Å². The Morgan fingerprint density at radius 3 is 2.92 bits per heavy atom. The molecule has 2 nitrogen and oxygen atoms in total. The van der Waals surface area contributed by atoms with Gasteiger partial charge >= 0.3 is 0 Å². The Balaban J connectivity index is 1.88. The molecule has 1 aliphatic heterocycles. The minimum Gasteiger partial charge on any atom is -0.338 e. The summed E-state index contributed by atoms with van der Waals surface area (Å²) in [6.45, 7) is 0.898. The quantitative estimate of drug-likeness (QED) is 0.595. The lowest BCUT2D eigenvalue weighted by atomic mass is 9.94. The monoisotopic (exact) mass is 177 g/mol. The van der Waals surface area contributed by atoms with Crippen molar-refractivity contribution in [3.8, 4) is 0 Å². The molecular formula is C11H15NO.